The lowest BCUT2D eigenvalue weighted by atomic mass is 9.87. The van der Waals surface area contributed by atoms with Gasteiger partial charge in [-0.05, 0) is 0 Å². The third-order valence-electron chi connectivity index (χ3n) is 4.18. The number of aliphatic hydroxyl groups is 8. The van der Waals surface area contributed by atoms with Gasteiger partial charge in [-0.25, -0.2) is 0 Å². The molecule has 8 atom stereocenters. The maximum Gasteiger partial charge on any atom is 0.218 e. The van der Waals surface area contributed by atoms with Crippen LogP contribution in [-0.2, 0) is 9.47 Å². The first-order valence-electron chi connectivity index (χ1n) is 6.91. The summed E-state index contributed by atoms with van der Waals surface area (Å²) >= 11 is 0. The van der Waals surface area contributed by atoms with Crippen molar-refractivity contribution in [3.05, 3.63) is 0 Å². The van der Waals surface area contributed by atoms with Crippen LogP contribution < -0.4 is 0 Å². The molecular weight excluding hydrogens is 304 g/mol. The highest BCUT2D eigenvalue weighted by Gasteiger charge is 2.54. The Hall–Kier alpha value is -0.400. The van der Waals surface area contributed by atoms with Crippen LogP contribution in [0.4, 0.5) is 0 Å². The second-order valence-corrected chi connectivity index (χ2v) is 5.81. The van der Waals surface area contributed by atoms with E-state index in [0.717, 1.165) is 0 Å². The molecule has 0 saturated carbocycles. The monoisotopic (exact) mass is 326 g/mol. The molecule has 2 aliphatic heterocycles. The zero-order chi connectivity index (χ0) is 16.7. The second kappa shape index (κ2) is 6.24. The van der Waals surface area contributed by atoms with Crippen molar-refractivity contribution in [3.63, 3.8) is 0 Å². The smallest absolute Gasteiger partial charge is 0.218 e. The van der Waals surface area contributed by atoms with Gasteiger partial charge in [-0.1, -0.05) is 0 Å². The van der Waals surface area contributed by atoms with Gasteiger partial charge in [0.1, 0.15) is 12.2 Å². The van der Waals surface area contributed by atoms with Gasteiger partial charge < -0.3 is 50.3 Å². The Morgan fingerprint density at radius 1 is 0.727 bits per heavy atom. The molecule has 0 aliphatic carbocycles. The van der Waals surface area contributed by atoms with Crippen LogP contribution in [-0.4, -0.2) is 102 Å². The van der Waals surface area contributed by atoms with E-state index in [4.69, 9.17) is 19.7 Å². The molecule has 0 radical (unpaired) electrons. The Labute approximate surface area is 125 Å². The first-order valence-corrected chi connectivity index (χ1v) is 6.91. The highest BCUT2D eigenvalue weighted by molar-refractivity contribution is 4.97. The van der Waals surface area contributed by atoms with Gasteiger partial charge in [0, 0.05) is 12.8 Å². The summed E-state index contributed by atoms with van der Waals surface area (Å²) in [6, 6.07) is 0. The average molecular weight is 326 g/mol. The van der Waals surface area contributed by atoms with Crippen molar-refractivity contribution in [3.8, 4) is 0 Å². The van der Waals surface area contributed by atoms with E-state index in [1.54, 1.807) is 0 Å². The van der Waals surface area contributed by atoms with E-state index in [1.165, 1.54) is 0 Å². The molecule has 0 aromatic rings. The molecule has 0 bridgehead atoms. The summed E-state index contributed by atoms with van der Waals surface area (Å²) in [6.07, 6.45) is -8.99. The Kier molecular flexibility index (Phi) is 5.09. The molecule has 0 aromatic carbocycles. The number of aliphatic hydroxyl groups excluding tert-OH is 6. The molecule has 10 heteroatoms. The Morgan fingerprint density at radius 2 is 1.05 bits per heavy atom. The van der Waals surface area contributed by atoms with Crippen LogP contribution >= 0.6 is 0 Å². The van der Waals surface area contributed by atoms with E-state index in [9.17, 15) is 30.6 Å². The lowest BCUT2D eigenvalue weighted by Gasteiger charge is -2.49. The molecule has 8 N–H and O–H groups in total. The molecule has 22 heavy (non-hydrogen) atoms. The standard InChI is InChI=1S/C12H22O10/c13-3-11(19)9(17)5(15)1-7(21-11)8-2-6(16)10(18)12(20,4-14)22-8/h5-10,13-20H,1-4H2/t5-,6+,7-,8-,9+,10+,11?,12?/m1/s1. The fraction of sp³-hybridized carbons (Fsp3) is 1.00. The van der Waals surface area contributed by atoms with Gasteiger partial charge in [0.05, 0.1) is 37.6 Å². The summed E-state index contributed by atoms with van der Waals surface area (Å²) in [5.74, 6) is -4.85. The molecule has 2 fully saturated rings. The predicted molar refractivity (Wildman–Crippen MR) is 67.1 cm³/mol. The van der Waals surface area contributed by atoms with Crippen molar-refractivity contribution >= 4 is 0 Å². The minimum Gasteiger partial charge on any atom is -0.391 e. The van der Waals surface area contributed by atoms with E-state index in [2.05, 4.69) is 0 Å². The number of hydrogen-bond donors (Lipinski definition) is 8. The molecule has 2 rings (SSSR count). The van der Waals surface area contributed by atoms with Crippen molar-refractivity contribution < 1.29 is 50.3 Å². The van der Waals surface area contributed by atoms with Crippen LogP contribution in [0, 0.1) is 0 Å². The third kappa shape index (κ3) is 2.99. The number of rotatable bonds is 3. The van der Waals surface area contributed by atoms with Crippen molar-refractivity contribution in [2.24, 2.45) is 0 Å². The molecule has 2 saturated heterocycles. The largest absolute Gasteiger partial charge is 0.391 e. The van der Waals surface area contributed by atoms with Crippen molar-refractivity contribution in [2.45, 2.75) is 61.0 Å². The minimum atomic E-state index is -2.43. The maximum absolute atomic E-state index is 9.96. The zero-order valence-corrected chi connectivity index (χ0v) is 11.7. The second-order valence-electron chi connectivity index (χ2n) is 5.81. The van der Waals surface area contributed by atoms with Crippen molar-refractivity contribution in [2.75, 3.05) is 13.2 Å². The molecule has 0 aromatic heterocycles. The third-order valence-corrected chi connectivity index (χ3v) is 4.18. The fourth-order valence-corrected chi connectivity index (χ4v) is 2.81. The minimum absolute atomic E-state index is 0.210. The first kappa shape index (κ1) is 17.9. The lowest BCUT2D eigenvalue weighted by Crippen LogP contribution is -2.66. The van der Waals surface area contributed by atoms with Gasteiger partial charge in [-0.2, -0.15) is 0 Å². The average Bonchev–Trinajstić information content (AvgIpc) is 2.49. The first-order chi connectivity index (χ1) is 10.2. The summed E-state index contributed by atoms with van der Waals surface area (Å²) in [6.45, 7) is -1.99. The van der Waals surface area contributed by atoms with Crippen LogP contribution in [0.2, 0.25) is 0 Å². The lowest BCUT2D eigenvalue weighted by molar-refractivity contribution is -0.382. The van der Waals surface area contributed by atoms with Crippen molar-refractivity contribution in [1.82, 2.24) is 0 Å². The van der Waals surface area contributed by atoms with Crippen LogP contribution in [0.3, 0.4) is 0 Å². The van der Waals surface area contributed by atoms with Crippen LogP contribution in [0.25, 0.3) is 0 Å². The van der Waals surface area contributed by atoms with Gasteiger partial charge in [0.15, 0.2) is 0 Å². The Morgan fingerprint density at radius 3 is 1.32 bits per heavy atom. The Balaban J connectivity index is 2.17. The van der Waals surface area contributed by atoms with E-state index < -0.39 is 61.4 Å². The van der Waals surface area contributed by atoms with Crippen LogP contribution in [0.15, 0.2) is 0 Å². The van der Waals surface area contributed by atoms with E-state index in [-0.39, 0.29) is 12.8 Å². The SMILES string of the molecule is OCC1(O)O[C@@H]([C@H]2C[C@H](O)[C@H](O)C(O)(CO)O2)C[C@@H](O)[C@@H]1O. The molecule has 0 spiro atoms. The summed E-state index contributed by atoms with van der Waals surface area (Å²) in [7, 11) is 0. The summed E-state index contributed by atoms with van der Waals surface area (Å²) in [4.78, 5) is 0. The van der Waals surface area contributed by atoms with Gasteiger partial charge in [0.2, 0.25) is 11.6 Å². The van der Waals surface area contributed by atoms with Crippen molar-refractivity contribution in [1.29, 1.82) is 0 Å². The zero-order valence-electron chi connectivity index (χ0n) is 11.7. The van der Waals surface area contributed by atoms with Gasteiger partial charge in [0.25, 0.3) is 0 Å². The molecule has 2 heterocycles. The topological polar surface area (TPSA) is 180 Å². The summed E-state index contributed by atoms with van der Waals surface area (Å²) < 4.78 is 10.3. The fourth-order valence-electron chi connectivity index (χ4n) is 2.81. The molecule has 130 valence electrons. The van der Waals surface area contributed by atoms with E-state index >= 15 is 0 Å². The molecule has 10 nitrogen and oxygen atoms in total. The summed E-state index contributed by atoms with van der Waals surface area (Å²) in [5, 5.41) is 77.0. The van der Waals surface area contributed by atoms with Gasteiger partial charge in [-0.3, -0.25) is 0 Å². The normalized spacial score (nSPS) is 53.5. The van der Waals surface area contributed by atoms with E-state index in [0.29, 0.717) is 0 Å². The van der Waals surface area contributed by atoms with E-state index in [1.807, 2.05) is 0 Å². The maximum atomic E-state index is 9.96. The number of ether oxygens (including phenoxy) is 2. The Bertz CT molecular complexity index is 358. The number of hydrogen-bond acceptors (Lipinski definition) is 10. The molecule has 0 amide bonds. The molecular formula is C12H22O10. The molecule has 2 unspecified atom stereocenters. The van der Waals surface area contributed by atoms with Gasteiger partial charge >= 0.3 is 0 Å². The predicted octanol–water partition coefficient (Wildman–Crippen LogP) is -4.63. The molecule has 2 aliphatic rings. The highest BCUT2D eigenvalue weighted by atomic mass is 16.7. The van der Waals surface area contributed by atoms with Crippen LogP contribution in [0.1, 0.15) is 12.8 Å². The van der Waals surface area contributed by atoms with Gasteiger partial charge in [-0.15, -0.1) is 0 Å². The quantitative estimate of drug-likeness (QED) is 0.251. The van der Waals surface area contributed by atoms with Crippen LogP contribution in [0.5, 0.6) is 0 Å². The summed E-state index contributed by atoms with van der Waals surface area (Å²) in [5.41, 5.74) is 0. The highest BCUT2D eigenvalue weighted by Crippen LogP contribution is 2.36.